The molecule has 2 N–H and O–H groups in total. The minimum atomic E-state index is -1.36. The second-order valence-corrected chi connectivity index (χ2v) is 8.94. The van der Waals surface area contributed by atoms with Gasteiger partial charge in [-0.25, -0.2) is 18.0 Å². The summed E-state index contributed by atoms with van der Waals surface area (Å²) in [4.78, 5) is 37.4. The first-order valence-corrected chi connectivity index (χ1v) is 12.9. The summed E-state index contributed by atoms with van der Waals surface area (Å²) in [5.41, 5.74) is -0.312. The van der Waals surface area contributed by atoms with E-state index in [-0.39, 0.29) is 24.8 Å². The molecule has 2 unspecified atom stereocenters. The summed E-state index contributed by atoms with van der Waals surface area (Å²) in [7, 11) is 1.14. The molecule has 0 radical (unpaired) electrons. The van der Waals surface area contributed by atoms with Crippen LogP contribution < -0.4 is 10.6 Å². The number of rotatable bonds is 9. The van der Waals surface area contributed by atoms with E-state index in [4.69, 9.17) is 4.74 Å². The molecule has 0 aliphatic rings. The van der Waals surface area contributed by atoms with Gasteiger partial charge in [0.15, 0.2) is 11.6 Å². The summed E-state index contributed by atoms with van der Waals surface area (Å²) in [6, 6.07) is 7.77. The molecule has 218 valence electrons. The maximum atomic E-state index is 14.2. The molecule has 0 aliphatic heterocycles. The topological polar surface area (TPSA) is 93.7 Å². The number of hydrogen-bond acceptors (Lipinski definition) is 5. The number of methoxy groups -OCH3 is 1. The Kier molecular flexibility index (Phi) is 16.2. The van der Waals surface area contributed by atoms with Crippen LogP contribution in [-0.2, 0) is 31.9 Å². The Morgan fingerprint density at radius 1 is 0.846 bits per heavy atom. The van der Waals surface area contributed by atoms with Crippen LogP contribution in [0.1, 0.15) is 66.0 Å². The smallest absolute Gasteiger partial charge is 0.408 e. The van der Waals surface area contributed by atoms with Gasteiger partial charge >= 0.3 is 12.1 Å². The number of benzene rings is 2. The first kappa shape index (κ1) is 35.4. The van der Waals surface area contributed by atoms with Crippen LogP contribution in [0.3, 0.4) is 0 Å². The van der Waals surface area contributed by atoms with Gasteiger partial charge in [0, 0.05) is 18.5 Å². The Hall–Kier alpha value is -3.56. The lowest BCUT2D eigenvalue weighted by atomic mass is 10.0. The first-order valence-electron chi connectivity index (χ1n) is 12.9. The number of nitrogens with one attached hydrogen (secondary N) is 2. The van der Waals surface area contributed by atoms with E-state index in [0.29, 0.717) is 12.1 Å². The Morgan fingerprint density at radius 3 is 1.95 bits per heavy atom. The highest BCUT2D eigenvalue weighted by Gasteiger charge is 2.28. The highest BCUT2D eigenvalue weighted by Crippen LogP contribution is 2.17. The number of amides is 2. The molecule has 2 aromatic rings. The van der Waals surface area contributed by atoms with Crippen LogP contribution in [0.25, 0.3) is 0 Å². The summed E-state index contributed by atoms with van der Waals surface area (Å²) in [5, 5.41) is 5.10. The van der Waals surface area contributed by atoms with Crippen molar-refractivity contribution in [3.63, 3.8) is 0 Å². The molecule has 0 bridgehead atoms. The summed E-state index contributed by atoms with van der Waals surface area (Å²) in [5.74, 6) is -5.04. The molecule has 39 heavy (non-hydrogen) atoms. The van der Waals surface area contributed by atoms with Crippen molar-refractivity contribution >= 4 is 18.0 Å². The fraction of sp³-hybridized carbons (Fsp3) is 0.483. The average molecular weight is 555 g/mol. The van der Waals surface area contributed by atoms with Gasteiger partial charge in [0.1, 0.15) is 17.5 Å². The predicted octanol–water partition coefficient (Wildman–Crippen LogP) is 5.88. The van der Waals surface area contributed by atoms with Crippen LogP contribution in [0.5, 0.6) is 0 Å². The summed E-state index contributed by atoms with van der Waals surface area (Å²) in [6.07, 6.45) is -1.43. The maximum Gasteiger partial charge on any atom is 0.408 e. The van der Waals surface area contributed by atoms with Crippen molar-refractivity contribution in [3.05, 3.63) is 71.0 Å². The van der Waals surface area contributed by atoms with Crippen LogP contribution in [-0.4, -0.2) is 42.8 Å². The number of halogens is 3. The predicted molar refractivity (Wildman–Crippen MR) is 145 cm³/mol. The molecule has 2 aromatic carbocycles. The van der Waals surface area contributed by atoms with Crippen molar-refractivity contribution in [3.8, 4) is 0 Å². The largest absolute Gasteiger partial charge is 0.469 e. The third kappa shape index (κ3) is 13.7. The molecule has 0 saturated carbocycles. The minimum Gasteiger partial charge on any atom is -0.469 e. The van der Waals surface area contributed by atoms with Gasteiger partial charge in [0.05, 0.1) is 13.5 Å². The van der Waals surface area contributed by atoms with Crippen LogP contribution in [0.4, 0.5) is 18.0 Å². The first-order chi connectivity index (χ1) is 18.4. The standard InChI is InChI=1S/C25H29F3N2O5.2C2H6/c1-25(2,3)35-24(33)30-21(10-15-8-6-5-7-9-15)23(32)29-17(13-22(31)34-4)11-16-12-19(27)20(28)14-18(16)26;2*1-2/h5-9,12,14,17,21H,10-11,13H2,1-4H3,(H,29,32)(H,30,33);2*1-2H3. The van der Waals surface area contributed by atoms with E-state index < -0.39 is 53.1 Å². The van der Waals surface area contributed by atoms with Gasteiger partial charge in [0.25, 0.3) is 0 Å². The number of ether oxygens (including phenoxy) is 2. The molecule has 0 aromatic heterocycles. The molecule has 0 heterocycles. The van der Waals surface area contributed by atoms with Crippen molar-refractivity contribution in [2.24, 2.45) is 0 Å². The van der Waals surface area contributed by atoms with Crippen LogP contribution in [0.2, 0.25) is 0 Å². The molecular formula is C29H41F3N2O5. The van der Waals surface area contributed by atoms with Crippen molar-refractivity contribution in [1.82, 2.24) is 10.6 Å². The fourth-order valence-electron chi connectivity index (χ4n) is 3.26. The molecule has 2 atom stereocenters. The lowest BCUT2D eigenvalue weighted by Crippen LogP contribution is -2.52. The third-order valence-corrected chi connectivity index (χ3v) is 4.83. The van der Waals surface area contributed by atoms with Gasteiger partial charge in [0.2, 0.25) is 5.91 Å². The zero-order chi connectivity index (χ0) is 30.2. The molecule has 0 saturated heterocycles. The Bertz CT molecular complexity index is 1040. The van der Waals surface area contributed by atoms with Gasteiger partial charge < -0.3 is 20.1 Å². The Morgan fingerprint density at radius 2 is 1.41 bits per heavy atom. The number of carbonyl (C=O) groups is 3. The second-order valence-electron chi connectivity index (χ2n) is 8.94. The second kappa shape index (κ2) is 17.9. The van der Waals surface area contributed by atoms with Crippen LogP contribution in [0.15, 0.2) is 42.5 Å². The maximum absolute atomic E-state index is 14.2. The monoisotopic (exact) mass is 554 g/mol. The zero-order valence-corrected chi connectivity index (χ0v) is 24.0. The van der Waals surface area contributed by atoms with E-state index >= 15 is 0 Å². The molecule has 2 amide bonds. The van der Waals surface area contributed by atoms with E-state index in [1.807, 2.05) is 27.7 Å². The SMILES string of the molecule is CC.CC.COC(=O)CC(Cc1cc(F)c(F)cc1F)NC(=O)C(Cc1ccccc1)NC(=O)OC(C)(C)C. The van der Waals surface area contributed by atoms with Crippen molar-refractivity contribution in [2.45, 2.75) is 85.4 Å². The van der Waals surface area contributed by atoms with Gasteiger partial charge in [-0.1, -0.05) is 58.0 Å². The van der Waals surface area contributed by atoms with E-state index in [9.17, 15) is 27.6 Å². The third-order valence-electron chi connectivity index (χ3n) is 4.83. The van der Waals surface area contributed by atoms with Gasteiger partial charge in [-0.05, 0) is 44.4 Å². The van der Waals surface area contributed by atoms with E-state index in [2.05, 4.69) is 15.4 Å². The number of alkyl carbamates (subject to hydrolysis) is 1. The molecule has 0 spiro atoms. The normalized spacial score (nSPS) is 11.9. The van der Waals surface area contributed by atoms with E-state index in [1.165, 1.54) is 0 Å². The van der Waals surface area contributed by atoms with Crippen molar-refractivity contribution in [1.29, 1.82) is 0 Å². The molecule has 2 rings (SSSR count). The number of esters is 1. The number of carbonyl (C=O) groups excluding carboxylic acids is 3. The quantitative estimate of drug-likeness (QED) is 0.298. The Balaban J connectivity index is 0.00000344. The van der Waals surface area contributed by atoms with Crippen molar-refractivity contribution in [2.75, 3.05) is 7.11 Å². The van der Waals surface area contributed by atoms with Gasteiger partial charge in [-0.15, -0.1) is 0 Å². The zero-order valence-electron chi connectivity index (χ0n) is 24.0. The van der Waals surface area contributed by atoms with E-state index in [1.54, 1.807) is 51.1 Å². The average Bonchev–Trinajstić information content (AvgIpc) is 2.88. The summed E-state index contributed by atoms with van der Waals surface area (Å²) >= 11 is 0. The number of hydrogen-bond donors (Lipinski definition) is 2. The van der Waals surface area contributed by atoms with Gasteiger partial charge in [-0.2, -0.15) is 0 Å². The van der Waals surface area contributed by atoms with Crippen molar-refractivity contribution < 1.29 is 37.0 Å². The molecule has 0 fully saturated rings. The molecular weight excluding hydrogens is 513 g/mol. The van der Waals surface area contributed by atoms with Crippen LogP contribution in [0, 0.1) is 17.5 Å². The molecule has 10 heteroatoms. The lowest BCUT2D eigenvalue weighted by molar-refractivity contribution is -0.141. The molecule has 0 aliphatic carbocycles. The summed E-state index contributed by atoms with van der Waals surface area (Å²) in [6.45, 7) is 13.0. The lowest BCUT2D eigenvalue weighted by Gasteiger charge is -2.25. The van der Waals surface area contributed by atoms with Gasteiger partial charge in [-0.3, -0.25) is 9.59 Å². The van der Waals surface area contributed by atoms with Crippen LogP contribution >= 0.6 is 0 Å². The fourth-order valence-corrected chi connectivity index (χ4v) is 3.26. The highest BCUT2D eigenvalue weighted by molar-refractivity contribution is 5.86. The minimum absolute atomic E-state index is 0.0936. The Labute approximate surface area is 229 Å². The van der Waals surface area contributed by atoms with E-state index in [0.717, 1.165) is 12.7 Å². The summed E-state index contributed by atoms with van der Waals surface area (Å²) < 4.78 is 51.1. The molecule has 7 nitrogen and oxygen atoms in total. The highest BCUT2D eigenvalue weighted by atomic mass is 19.2.